The highest BCUT2D eigenvalue weighted by atomic mass is 16.3. The Labute approximate surface area is 175 Å². The molecule has 3 rings (SSSR count). The minimum absolute atomic E-state index is 0.185. The number of hydrogen-bond donors (Lipinski definition) is 2. The number of aryl methyl sites for hydroxylation is 1. The number of nitrogens with one attached hydrogen (secondary N) is 1. The molecule has 2 aromatic carbocycles. The first-order chi connectivity index (χ1) is 14.5. The highest BCUT2D eigenvalue weighted by Crippen LogP contribution is 2.32. The second-order valence-electron chi connectivity index (χ2n) is 7.05. The van der Waals surface area contributed by atoms with Gasteiger partial charge < -0.3 is 10.4 Å². The highest BCUT2D eigenvalue weighted by molar-refractivity contribution is 5.98. The molecule has 0 radical (unpaired) electrons. The number of nitrogens with zero attached hydrogens (tertiary/aromatic N) is 3. The predicted molar refractivity (Wildman–Crippen MR) is 113 cm³/mol. The van der Waals surface area contributed by atoms with Crippen molar-refractivity contribution in [1.82, 2.24) is 10.3 Å². The van der Waals surface area contributed by atoms with Crippen LogP contribution in [0, 0.1) is 29.6 Å². The smallest absolute Gasteiger partial charge is 0.251 e. The molecule has 6 heteroatoms. The number of amides is 1. The van der Waals surface area contributed by atoms with Gasteiger partial charge in [0.05, 0.1) is 29.9 Å². The summed E-state index contributed by atoms with van der Waals surface area (Å²) in [6.45, 7) is 3.42. The van der Waals surface area contributed by atoms with Gasteiger partial charge in [-0.15, -0.1) is 0 Å². The zero-order valence-corrected chi connectivity index (χ0v) is 16.7. The molecule has 148 valence electrons. The van der Waals surface area contributed by atoms with Crippen LogP contribution >= 0.6 is 0 Å². The van der Waals surface area contributed by atoms with Crippen molar-refractivity contribution in [3.05, 3.63) is 77.1 Å². The Morgan fingerprint density at radius 3 is 2.43 bits per heavy atom. The Balaban J connectivity index is 2.23. The standard InChI is InChI=1S/C24H20N4O2/c1-15-3-4-22(21(7-15)12-26)18-8-19(23-13-27-6-5-17(23)11-25)10-20(9-18)24(30)28-16(2)14-29/h3-10,13,16,29H,14H2,1-2H3,(H,28,30)/t16-/m0/s1. The van der Waals surface area contributed by atoms with E-state index in [4.69, 9.17) is 0 Å². The molecule has 0 saturated carbocycles. The van der Waals surface area contributed by atoms with Crippen molar-refractivity contribution in [3.63, 3.8) is 0 Å². The number of benzene rings is 2. The minimum atomic E-state index is -0.410. The van der Waals surface area contributed by atoms with Crippen molar-refractivity contribution in [1.29, 1.82) is 10.5 Å². The van der Waals surface area contributed by atoms with Crippen LogP contribution in [0.25, 0.3) is 22.3 Å². The maximum atomic E-state index is 12.8. The topological polar surface area (TPSA) is 110 Å². The number of nitriles is 2. The van der Waals surface area contributed by atoms with Gasteiger partial charge in [-0.2, -0.15) is 10.5 Å². The molecule has 0 saturated heterocycles. The molecule has 0 spiro atoms. The Bertz CT molecular complexity index is 1190. The van der Waals surface area contributed by atoms with Gasteiger partial charge in [0.15, 0.2) is 0 Å². The van der Waals surface area contributed by atoms with Gasteiger partial charge in [-0.25, -0.2) is 0 Å². The lowest BCUT2D eigenvalue weighted by molar-refractivity contribution is 0.0922. The summed E-state index contributed by atoms with van der Waals surface area (Å²) in [5.41, 5.74) is 4.85. The molecule has 1 aromatic heterocycles. The molecule has 1 amide bonds. The van der Waals surface area contributed by atoms with Gasteiger partial charge in [0.25, 0.3) is 5.91 Å². The van der Waals surface area contributed by atoms with Crippen LogP contribution in [0.3, 0.4) is 0 Å². The summed E-state index contributed by atoms with van der Waals surface area (Å²) in [6.07, 6.45) is 3.12. The van der Waals surface area contributed by atoms with Gasteiger partial charge in [-0.05, 0) is 66.4 Å². The third kappa shape index (κ3) is 4.35. The molecule has 1 heterocycles. The fourth-order valence-corrected chi connectivity index (χ4v) is 3.15. The molecule has 0 fully saturated rings. The van der Waals surface area contributed by atoms with E-state index in [9.17, 15) is 20.4 Å². The lowest BCUT2D eigenvalue weighted by atomic mass is 9.92. The van der Waals surface area contributed by atoms with E-state index in [1.807, 2.05) is 25.1 Å². The monoisotopic (exact) mass is 396 g/mol. The third-order valence-electron chi connectivity index (χ3n) is 4.71. The summed E-state index contributed by atoms with van der Waals surface area (Å²) in [7, 11) is 0. The SMILES string of the molecule is Cc1ccc(-c2cc(C(=O)N[C@@H](C)CO)cc(-c3cnccc3C#N)c2)c(C#N)c1. The van der Waals surface area contributed by atoms with Gasteiger partial charge in [-0.1, -0.05) is 12.1 Å². The number of rotatable bonds is 5. The molecule has 0 aliphatic rings. The van der Waals surface area contributed by atoms with Crippen LogP contribution in [0.2, 0.25) is 0 Å². The van der Waals surface area contributed by atoms with E-state index in [0.29, 0.717) is 38.9 Å². The van der Waals surface area contributed by atoms with Crippen LogP contribution in [0.5, 0.6) is 0 Å². The molecule has 1 atom stereocenters. The lowest BCUT2D eigenvalue weighted by Gasteiger charge is -2.15. The molecule has 6 nitrogen and oxygen atoms in total. The largest absolute Gasteiger partial charge is 0.394 e. The van der Waals surface area contributed by atoms with Gasteiger partial charge in [0.2, 0.25) is 0 Å². The average Bonchev–Trinajstić information content (AvgIpc) is 2.78. The van der Waals surface area contributed by atoms with Crippen molar-refractivity contribution in [2.45, 2.75) is 19.9 Å². The van der Waals surface area contributed by atoms with Gasteiger partial charge in [-0.3, -0.25) is 9.78 Å². The zero-order valence-electron chi connectivity index (χ0n) is 16.7. The number of carbonyl (C=O) groups excluding carboxylic acids is 1. The van der Waals surface area contributed by atoms with Gasteiger partial charge >= 0.3 is 0 Å². The van der Waals surface area contributed by atoms with E-state index in [1.165, 1.54) is 6.20 Å². The van der Waals surface area contributed by atoms with Crippen molar-refractivity contribution >= 4 is 5.91 Å². The van der Waals surface area contributed by atoms with E-state index in [2.05, 4.69) is 22.4 Å². The summed E-state index contributed by atoms with van der Waals surface area (Å²) in [6, 6.07) is 16.3. The lowest BCUT2D eigenvalue weighted by Crippen LogP contribution is -2.35. The minimum Gasteiger partial charge on any atom is -0.394 e. The quantitative estimate of drug-likeness (QED) is 0.685. The normalized spacial score (nSPS) is 11.2. The van der Waals surface area contributed by atoms with Crippen molar-refractivity contribution in [3.8, 4) is 34.4 Å². The molecule has 0 aliphatic carbocycles. The van der Waals surface area contributed by atoms with Crippen LogP contribution in [0.15, 0.2) is 54.9 Å². The number of aliphatic hydroxyl groups excluding tert-OH is 1. The summed E-state index contributed by atoms with van der Waals surface area (Å²) < 4.78 is 0. The fourth-order valence-electron chi connectivity index (χ4n) is 3.15. The van der Waals surface area contributed by atoms with E-state index < -0.39 is 6.04 Å². The Morgan fingerprint density at radius 1 is 1.07 bits per heavy atom. The third-order valence-corrected chi connectivity index (χ3v) is 4.71. The van der Waals surface area contributed by atoms with E-state index in [1.54, 1.807) is 37.4 Å². The first-order valence-electron chi connectivity index (χ1n) is 9.39. The molecular weight excluding hydrogens is 376 g/mol. The summed E-state index contributed by atoms with van der Waals surface area (Å²) in [4.78, 5) is 16.9. The molecule has 0 unspecified atom stereocenters. The maximum absolute atomic E-state index is 12.8. The molecule has 0 bridgehead atoms. The summed E-state index contributed by atoms with van der Waals surface area (Å²) >= 11 is 0. The number of aromatic nitrogens is 1. The van der Waals surface area contributed by atoms with Crippen molar-refractivity contribution < 1.29 is 9.90 Å². The van der Waals surface area contributed by atoms with E-state index in [-0.39, 0.29) is 12.5 Å². The molecule has 2 N–H and O–H groups in total. The van der Waals surface area contributed by atoms with Crippen LogP contribution in [0.1, 0.15) is 34.0 Å². The molecular formula is C24H20N4O2. The fraction of sp³-hybridized carbons (Fsp3) is 0.167. The van der Waals surface area contributed by atoms with Crippen LogP contribution < -0.4 is 5.32 Å². The predicted octanol–water partition coefficient (Wildman–Crippen LogP) is 3.58. The van der Waals surface area contributed by atoms with Gasteiger partial charge in [0, 0.05) is 29.6 Å². The van der Waals surface area contributed by atoms with E-state index >= 15 is 0 Å². The van der Waals surface area contributed by atoms with E-state index in [0.717, 1.165) is 5.56 Å². The maximum Gasteiger partial charge on any atom is 0.251 e. The van der Waals surface area contributed by atoms with Crippen molar-refractivity contribution in [2.24, 2.45) is 0 Å². The Hall–Kier alpha value is -4.00. The zero-order chi connectivity index (χ0) is 21.7. The Morgan fingerprint density at radius 2 is 1.77 bits per heavy atom. The molecule has 3 aromatic rings. The number of aliphatic hydroxyl groups is 1. The number of carbonyl (C=O) groups is 1. The Kier molecular flexibility index (Phi) is 6.22. The highest BCUT2D eigenvalue weighted by Gasteiger charge is 2.16. The molecule has 0 aliphatic heterocycles. The second-order valence-corrected chi connectivity index (χ2v) is 7.05. The number of hydrogen-bond acceptors (Lipinski definition) is 5. The summed E-state index contributed by atoms with van der Waals surface area (Å²) in [5.74, 6) is -0.354. The van der Waals surface area contributed by atoms with Crippen LogP contribution in [-0.4, -0.2) is 28.6 Å². The van der Waals surface area contributed by atoms with Gasteiger partial charge in [0.1, 0.15) is 0 Å². The first-order valence-corrected chi connectivity index (χ1v) is 9.39. The van der Waals surface area contributed by atoms with Crippen molar-refractivity contribution in [2.75, 3.05) is 6.61 Å². The van der Waals surface area contributed by atoms with Crippen LogP contribution in [0.4, 0.5) is 0 Å². The number of pyridine rings is 1. The average molecular weight is 396 g/mol. The first kappa shape index (κ1) is 20.7. The summed E-state index contributed by atoms with van der Waals surface area (Å²) in [5, 5.41) is 31.1. The second kappa shape index (κ2) is 9.00. The molecule has 30 heavy (non-hydrogen) atoms. The van der Waals surface area contributed by atoms with Crippen LogP contribution in [-0.2, 0) is 0 Å².